The lowest BCUT2D eigenvalue weighted by atomic mass is 10.1. The van der Waals surface area contributed by atoms with E-state index in [1.54, 1.807) is 19.2 Å². The quantitative estimate of drug-likeness (QED) is 0.173. The van der Waals surface area contributed by atoms with Crippen LogP contribution in [-0.2, 0) is 25.4 Å². The average molecular weight is 542 g/mol. The molecule has 0 unspecified atom stereocenters. The first-order valence-corrected chi connectivity index (χ1v) is 11.1. The molecule has 0 aliphatic rings. The summed E-state index contributed by atoms with van der Waals surface area (Å²) < 4.78 is 16.4. The molecule has 0 saturated carbocycles. The molecule has 0 fully saturated rings. The Morgan fingerprint density at radius 1 is 1.17 bits per heavy atom. The number of imidazole rings is 1. The first-order valence-electron chi connectivity index (χ1n) is 9.94. The van der Waals surface area contributed by atoms with Gasteiger partial charge in [0.05, 0.1) is 28.5 Å². The highest BCUT2D eigenvalue weighted by molar-refractivity contribution is 6.36. The number of ether oxygens (including phenoxy) is 3. The molecule has 0 spiro atoms. The number of methoxy groups -OCH3 is 1. The molecule has 3 heterocycles. The zero-order valence-electron chi connectivity index (χ0n) is 18.7. The number of nitrogens with one attached hydrogen (secondary N) is 1. The summed E-state index contributed by atoms with van der Waals surface area (Å²) in [7, 11) is 2.98. The van der Waals surface area contributed by atoms with E-state index in [1.165, 1.54) is 30.8 Å². The van der Waals surface area contributed by atoms with Crippen LogP contribution >= 0.6 is 34.8 Å². The maximum Gasteiger partial charge on any atom is 0.360 e. The number of hydrogen-bond donors (Lipinski definition) is 1. The predicted octanol–water partition coefficient (Wildman–Crippen LogP) is 4.36. The summed E-state index contributed by atoms with van der Waals surface area (Å²) in [5.41, 5.74) is 1.06. The Morgan fingerprint density at radius 2 is 1.86 bits per heavy atom. The number of hydrogen-bond acceptors (Lipinski definition) is 9. The van der Waals surface area contributed by atoms with Crippen molar-refractivity contribution in [2.75, 3.05) is 26.1 Å². The van der Waals surface area contributed by atoms with E-state index in [4.69, 9.17) is 49.0 Å². The molecule has 35 heavy (non-hydrogen) atoms. The molecule has 3 aromatic heterocycles. The van der Waals surface area contributed by atoms with Gasteiger partial charge < -0.3 is 19.5 Å². The summed E-state index contributed by atoms with van der Waals surface area (Å²) in [6, 6.07) is 3.17. The predicted molar refractivity (Wildman–Crippen MR) is 129 cm³/mol. The molecule has 3 rings (SSSR count). The molecule has 3 aromatic rings. The first kappa shape index (κ1) is 26.3. The van der Waals surface area contributed by atoms with Crippen molar-refractivity contribution >= 4 is 64.4 Å². The van der Waals surface area contributed by atoms with Crippen LogP contribution in [0.2, 0.25) is 15.2 Å². The van der Waals surface area contributed by atoms with Gasteiger partial charge in [0, 0.05) is 31.4 Å². The normalized spacial score (nSPS) is 11.6. The van der Waals surface area contributed by atoms with Crippen molar-refractivity contribution in [2.24, 2.45) is 0 Å². The van der Waals surface area contributed by atoms with Crippen molar-refractivity contribution in [1.82, 2.24) is 14.4 Å². The summed E-state index contributed by atoms with van der Waals surface area (Å²) in [6.07, 6.45) is 2.64. The fourth-order valence-corrected chi connectivity index (χ4v) is 3.94. The van der Waals surface area contributed by atoms with E-state index in [9.17, 15) is 14.4 Å². The third kappa shape index (κ3) is 5.50. The Morgan fingerprint density at radius 3 is 2.46 bits per heavy atom. The van der Waals surface area contributed by atoms with E-state index in [-0.39, 0.29) is 69.0 Å². The Bertz CT molecular complexity index is 1320. The Kier molecular flexibility index (Phi) is 8.55. The molecule has 0 saturated heterocycles. The molecular weight excluding hydrogens is 523 g/mol. The molecule has 13 heteroatoms. The number of halogens is 3. The number of nitrogens with zero attached hydrogens (tertiary/aromatic N) is 3. The SMILES string of the molecule is CNc1ccc(C(=O)Cc2c(Cl)cncc2Cl)n2c(Cl)c(C(=O)OC/C(OC)=C(\C)OC=O)nc12. The second kappa shape index (κ2) is 11.4. The molecule has 0 amide bonds. The van der Waals surface area contributed by atoms with Crippen LogP contribution < -0.4 is 5.32 Å². The highest BCUT2D eigenvalue weighted by atomic mass is 35.5. The van der Waals surface area contributed by atoms with Gasteiger partial charge in [-0.1, -0.05) is 34.8 Å². The van der Waals surface area contributed by atoms with E-state index in [2.05, 4.69) is 15.3 Å². The molecule has 0 aromatic carbocycles. The number of carbonyl (C=O) groups is 3. The minimum absolute atomic E-state index is 0.114. The summed E-state index contributed by atoms with van der Waals surface area (Å²) >= 11 is 18.8. The Labute approximate surface area is 214 Å². The largest absolute Gasteiger partial charge is 0.494 e. The van der Waals surface area contributed by atoms with Crippen molar-refractivity contribution in [1.29, 1.82) is 0 Å². The minimum Gasteiger partial charge on any atom is -0.494 e. The fourth-order valence-electron chi connectivity index (χ4n) is 3.16. The summed E-state index contributed by atoms with van der Waals surface area (Å²) in [5, 5.41) is 3.28. The molecule has 184 valence electrons. The van der Waals surface area contributed by atoms with E-state index < -0.39 is 5.97 Å². The van der Waals surface area contributed by atoms with Gasteiger partial charge in [-0.15, -0.1) is 0 Å². The van der Waals surface area contributed by atoms with Gasteiger partial charge in [0.15, 0.2) is 29.5 Å². The molecule has 10 nitrogen and oxygen atoms in total. The molecule has 0 aliphatic heterocycles. The van der Waals surface area contributed by atoms with E-state index in [0.29, 0.717) is 11.3 Å². The monoisotopic (exact) mass is 540 g/mol. The maximum absolute atomic E-state index is 13.2. The van der Waals surface area contributed by atoms with Gasteiger partial charge in [0.2, 0.25) is 0 Å². The number of fused-ring (bicyclic) bond motifs is 1. The van der Waals surface area contributed by atoms with Gasteiger partial charge >= 0.3 is 5.97 Å². The number of esters is 1. The minimum atomic E-state index is -0.882. The third-order valence-electron chi connectivity index (χ3n) is 4.95. The lowest BCUT2D eigenvalue weighted by molar-refractivity contribution is -0.125. The second-order valence-corrected chi connectivity index (χ2v) is 8.12. The van der Waals surface area contributed by atoms with Gasteiger partial charge in [-0.2, -0.15) is 0 Å². The lowest BCUT2D eigenvalue weighted by Crippen LogP contribution is -2.12. The fraction of sp³-hybridized carbons (Fsp3) is 0.227. The van der Waals surface area contributed by atoms with Crippen LogP contribution in [-0.4, -0.2) is 53.4 Å². The van der Waals surface area contributed by atoms with Crippen LogP contribution in [0, 0.1) is 0 Å². The van der Waals surface area contributed by atoms with Gasteiger partial charge in [-0.3, -0.25) is 19.0 Å². The number of carbonyl (C=O) groups excluding carboxylic acids is 3. The van der Waals surface area contributed by atoms with Crippen LogP contribution in [0.5, 0.6) is 0 Å². The third-order valence-corrected chi connectivity index (χ3v) is 5.95. The van der Waals surface area contributed by atoms with Gasteiger partial charge in [-0.25, -0.2) is 9.78 Å². The molecule has 0 bridgehead atoms. The number of allylic oxidation sites excluding steroid dienone is 1. The molecule has 0 radical (unpaired) electrons. The number of rotatable bonds is 10. The van der Waals surface area contributed by atoms with Crippen LogP contribution in [0.25, 0.3) is 5.65 Å². The molecule has 0 aliphatic carbocycles. The first-order chi connectivity index (χ1) is 16.7. The zero-order valence-corrected chi connectivity index (χ0v) is 21.0. The zero-order chi connectivity index (χ0) is 25.7. The van der Waals surface area contributed by atoms with Gasteiger partial charge in [-0.05, 0) is 19.1 Å². The smallest absolute Gasteiger partial charge is 0.360 e. The van der Waals surface area contributed by atoms with E-state index in [0.717, 1.165) is 0 Å². The van der Waals surface area contributed by atoms with Crippen LogP contribution in [0.3, 0.4) is 0 Å². The number of Topliss-reactive ketones (excluding diaryl/α,β-unsaturated/α-hetero) is 1. The highest BCUT2D eigenvalue weighted by Gasteiger charge is 2.25. The van der Waals surface area contributed by atoms with Crippen molar-refractivity contribution in [2.45, 2.75) is 13.3 Å². The van der Waals surface area contributed by atoms with Crippen molar-refractivity contribution in [3.8, 4) is 0 Å². The second-order valence-electron chi connectivity index (χ2n) is 6.95. The number of ketones is 1. The van der Waals surface area contributed by atoms with Gasteiger partial charge in [0.25, 0.3) is 6.47 Å². The Hall–Kier alpha value is -3.34. The average Bonchev–Trinajstić information content (AvgIpc) is 3.18. The molecule has 0 atom stereocenters. The maximum atomic E-state index is 13.2. The summed E-state index contributed by atoms with van der Waals surface area (Å²) in [5.74, 6) is -1.02. The van der Waals surface area contributed by atoms with Crippen LogP contribution in [0.1, 0.15) is 33.5 Å². The highest BCUT2D eigenvalue weighted by Crippen LogP contribution is 2.29. The summed E-state index contributed by atoms with van der Waals surface area (Å²) in [4.78, 5) is 44.7. The number of anilines is 1. The van der Waals surface area contributed by atoms with E-state index in [1.807, 2.05) is 0 Å². The molecule has 1 N–H and O–H groups in total. The van der Waals surface area contributed by atoms with Crippen LogP contribution in [0.15, 0.2) is 36.0 Å². The van der Waals surface area contributed by atoms with Crippen LogP contribution in [0.4, 0.5) is 5.69 Å². The van der Waals surface area contributed by atoms with Crippen molar-refractivity contribution < 1.29 is 28.6 Å². The Balaban J connectivity index is 1.99. The van der Waals surface area contributed by atoms with Gasteiger partial charge in [0.1, 0.15) is 10.9 Å². The van der Waals surface area contributed by atoms with E-state index >= 15 is 0 Å². The summed E-state index contributed by atoms with van der Waals surface area (Å²) in [6.45, 7) is 1.35. The van der Waals surface area contributed by atoms with Crippen molar-refractivity contribution in [3.63, 3.8) is 0 Å². The molecular formula is C22H19Cl3N4O6. The number of pyridine rings is 2. The lowest BCUT2D eigenvalue weighted by Gasteiger charge is -2.11. The standard InChI is InChI=1S/C22H19Cl3N4O6/c1-11(35-10-30)18(33-3)9-34-22(32)19-20(25)29-16(5-4-15(26-2)21(29)28-19)17(31)6-12-13(23)7-27-8-14(12)24/h4-5,7-8,10,26H,6,9H2,1-3H3/b18-11-. The van der Waals surface area contributed by atoms with Crippen molar-refractivity contribution in [3.05, 3.63) is 68.2 Å². The topological polar surface area (TPSA) is 121 Å². The number of aromatic nitrogens is 3.